The second-order valence-corrected chi connectivity index (χ2v) is 8.39. The molecule has 1 spiro atoms. The third kappa shape index (κ3) is 3.29. The minimum absolute atomic E-state index is 0.207. The van der Waals surface area contributed by atoms with Gasteiger partial charge in [-0.05, 0) is 57.4 Å². The molecule has 3 amide bonds. The lowest BCUT2D eigenvalue weighted by molar-refractivity contribution is -0.132. The summed E-state index contributed by atoms with van der Waals surface area (Å²) in [5.74, 6) is 0.944. The van der Waals surface area contributed by atoms with Crippen LogP contribution in [0.3, 0.4) is 0 Å². The van der Waals surface area contributed by atoms with Gasteiger partial charge in [0.05, 0.1) is 6.21 Å². The molecule has 1 aromatic heterocycles. The molecule has 1 aromatic rings. The highest BCUT2D eigenvalue weighted by atomic mass is 16.2. The van der Waals surface area contributed by atoms with Crippen LogP contribution in [0.5, 0.6) is 0 Å². The molecule has 0 atom stereocenters. The maximum Gasteiger partial charge on any atom is 0.346 e. The standard InChI is InChI=1S/C20H30N4O2/c1-13(2)12-23-15(4)10-17(16(23)5)11-21-24-18(25)20(22-19(24)26)8-6-14(3)7-9-20/h10-11,13-14H,6-9,12H2,1-5H3,(H,22,26)/b21-11+. The molecule has 2 aliphatic rings. The van der Waals surface area contributed by atoms with Crippen molar-refractivity contribution in [2.45, 2.75) is 72.4 Å². The van der Waals surface area contributed by atoms with Crippen molar-refractivity contribution in [3.63, 3.8) is 0 Å². The Balaban J connectivity index is 1.79. The van der Waals surface area contributed by atoms with E-state index in [1.807, 2.05) is 6.92 Å². The number of aryl methyl sites for hydroxylation is 1. The van der Waals surface area contributed by atoms with Crippen LogP contribution in [0.15, 0.2) is 11.2 Å². The average molecular weight is 358 g/mol. The van der Waals surface area contributed by atoms with Gasteiger partial charge in [0.1, 0.15) is 5.54 Å². The van der Waals surface area contributed by atoms with Gasteiger partial charge in [-0.3, -0.25) is 4.79 Å². The van der Waals surface area contributed by atoms with E-state index in [-0.39, 0.29) is 5.91 Å². The first-order valence-corrected chi connectivity index (χ1v) is 9.61. The topological polar surface area (TPSA) is 66.7 Å². The molecule has 6 nitrogen and oxygen atoms in total. The summed E-state index contributed by atoms with van der Waals surface area (Å²) in [6.07, 6.45) is 4.96. The molecule has 26 heavy (non-hydrogen) atoms. The summed E-state index contributed by atoms with van der Waals surface area (Å²) in [6.45, 7) is 11.6. The molecule has 1 saturated carbocycles. The first kappa shape index (κ1) is 18.7. The Labute approximate surface area is 155 Å². The number of carbonyl (C=O) groups is 2. The summed E-state index contributed by atoms with van der Waals surface area (Å²) < 4.78 is 2.25. The normalized spacial score (nSPS) is 26.5. The summed E-state index contributed by atoms with van der Waals surface area (Å²) in [5.41, 5.74) is 2.47. The number of nitrogens with zero attached hydrogens (tertiary/aromatic N) is 3. The van der Waals surface area contributed by atoms with Crippen LogP contribution in [0, 0.1) is 25.7 Å². The van der Waals surface area contributed by atoms with Crippen molar-refractivity contribution in [1.29, 1.82) is 0 Å². The van der Waals surface area contributed by atoms with Gasteiger partial charge in [0.15, 0.2) is 0 Å². The smallest absolute Gasteiger partial charge is 0.346 e. The molecule has 0 unspecified atom stereocenters. The zero-order chi connectivity index (χ0) is 19.1. The van der Waals surface area contributed by atoms with E-state index >= 15 is 0 Å². The number of aromatic nitrogens is 1. The maximum absolute atomic E-state index is 12.8. The van der Waals surface area contributed by atoms with E-state index in [4.69, 9.17) is 0 Å². The highest BCUT2D eigenvalue weighted by Gasteiger charge is 2.52. The summed E-state index contributed by atoms with van der Waals surface area (Å²) in [7, 11) is 0. The summed E-state index contributed by atoms with van der Waals surface area (Å²) in [5, 5.41) is 8.17. The number of nitrogens with one attached hydrogen (secondary N) is 1. The Morgan fingerprint density at radius 1 is 1.31 bits per heavy atom. The minimum Gasteiger partial charge on any atom is -0.348 e. The van der Waals surface area contributed by atoms with Gasteiger partial charge in [-0.15, -0.1) is 5.01 Å². The van der Waals surface area contributed by atoms with Gasteiger partial charge in [-0.2, -0.15) is 5.10 Å². The van der Waals surface area contributed by atoms with Crippen LogP contribution in [-0.4, -0.2) is 33.3 Å². The minimum atomic E-state index is -0.741. The molecule has 1 aliphatic heterocycles. The maximum atomic E-state index is 12.8. The number of hydrogen-bond acceptors (Lipinski definition) is 3. The fourth-order valence-corrected chi connectivity index (χ4v) is 4.03. The monoisotopic (exact) mass is 358 g/mol. The van der Waals surface area contributed by atoms with Crippen molar-refractivity contribution in [2.75, 3.05) is 0 Å². The van der Waals surface area contributed by atoms with Crippen LogP contribution in [-0.2, 0) is 11.3 Å². The molecule has 2 fully saturated rings. The molecule has 1 N–H and O–H groups in total. The van der Waals surface area contributed by atoms with Crippen LogP contribution >= 0.6 is 0 Å². The number of hydrogen-bond donors (Lipinski definition) is 1. The van der Waals surface area contributed by atoms with Gasteiger partial charge in [0, 0.05) is 23.5 Å². The number of imide groups is 1. The molecule has 3 rings (SSSR count). The predicted octanol–water partition coefficient (Wildman–Crippen LogP) is 3.60. The van der Waals surface area contributed by atoms with Crippen LogP contribution in [0.25, 0.3) is 0 Å². The first-order valence-electron chi connectivity index (χ1n) is 9.61. The zero-order valence-corrected chi connectivity index (χ0v) is 16.5. The Kier molecular flexibility index (Phi) is 4.95. The third-order valence-electron chi connectivity index (χ3n) is 5.74. The third-order valence-corrected chi connectivity index (χ3v) is 5.74. The van der Waals surface area contributed by atoms with Crippen molar-refractivity contribution >= 4 is 18.2 Å². The Hall–Kier alpha value is -2.11. The van der Waals surface area contributed by atoms with Gasteiger partial charge in [0.25, 0.3) is 5.91 Å². The summed E-state index contributed by atoms with van der Waals surface area (Å²) in [4.78, 5) is 25.2. The van der Waals surface area contributed by atoms with E-state index in [9.17, 15) is 9.59 Å². The van der Waals surface area contributed by atoms with Crippen molar-refractivity contribution in [1.82, 2.24) is 14.9 Å². The fraction of sp³-hybridized carbons (Fsp3) is 0.650. The molecule has 6 heteroatoms. The second kappa shape index (κ2) is 6.89. The molecule has 142 valence electrons. The number of carbonyl (C=O) groups excluding carboxylic acids is 2. The molecule has 2 heterocycles. The highest BCUT2D eigenvalue weighted by molar-refractivity contribution is 6.07. The van der Waals surface area contributed by atoms with E-state index in [1.165, 1.54) is 0 Å². The number of amides is 3. The Bertz CT molecular complexity index is 739. The largest absolute Gasteiger partial charge is 0.348 e. The van der Waals surface area contributed by atoms with E-state index in [2.05, 4.69) is 48.7 Å². The number of urea groups is 1. The number of rotatable bonds is 4. The van der Waals surface area contributed by atoms with Crippen molar-refractivity contribution in [3.8, 4) is 0 Å². The summed E-state index contributed by atoms with van der Waals surface area (Å²) >= 11 is 0. The highest BCUT2D eigenvalue weighted by Crippen LogP contribution is 2.36. The molecule has 1 aliphatic carbocycles. The first-order chi connectivity index (χ1) is 12.2. The lowest BCUT2D eigenvalue weighted by Gasteiger charge is -2.33. The molecular formula is C20H30N4O2. The molecule has 0 radical (unpaired) electrons. The Morgan fingerprint density at radius 3 is 2.58 bits per heavy atom. The van der Waals surface area contributed by atoms with Crippen LogP contribution in [0.1, 0.15) is 63.4 Å². The quantitative estimate of drug-likeness (QED) is 0.660. The van der Waals surface area contributed by atoms with Crippen molar-refractivity contribution < 1.29 is 9.59 Å². The van der Waals surface area contributed by atoms with E-state index in [0.29, 0.717) is 24.7 Å². The van der Waals surface area contributed by atoms with Crippen molar-refractivity contribution in [3.05, 3.63) is 23.0 Å². The van der Waals surface area contributed by atoms with Crippen LogP contribution in [0.4, 0.5) is 4.79 Å². The molecule has 0 aromatic carbocycles. The molecule has 0 bridgehead atoms. The van der Waals surface area contributed by atoms with Gasteiger partial charge in [-0.1, -0.05) is 20.8 Å². The van der Waals surface area contributed by atoms with Gasteiger partial charge in [0.2, 0.25) is 0 Å². The average Bonchev–Trinajstić information content (AvgIpc) is 2.97. The SMILES string of the molecule is Cc1cc(/C=N/N2C(=O)NC3(CCC(C)CC3)C2=O)c(C)n1CC(C)C. The van der Waals surface area contributed by atoms with E-state index < -0.39 is 11.6 Å². The van der Waals surface area contributed by atoms with Gasteiger partial charge in [-0.25, -0.2) is 4.79 Å². The van der Waals surface area contributed by atoms with Gasteiger partial charge < -0.3 is 9.88 Å². The fourth-order valence-electron chi connectivity index (χ4n) is 4.03. The van der Waals surface area contributed by atoms with E-state index in [0.717, 1.165) is 41.3 Å². The predicted molar refractivity (Wildman–Crippen MR) is 102 cm³/mol. The Morgan fingerprint density at radius 2 is 1.96 bits per heavy atom. The van der Waals surface area contributed by atoms with E-state index in [1.54, 1.807) is 6.21 Å². The zero-order valence-electron chi connectivity index (χ0n) is 16.5. The van der Waals surface area contributed by atoms with Crippen molar-refractivity contribution in [2.24, 2.45) is 16.9 Å². The van der Waals surface area contributed by atoms with Crippen LogP contribution < -0.4 is 5.32 Å². The summed E-state index contributed by atoms with van der Waals surface area (Å²) in [6, 6.07) is 1.65. The lowest BCUT2D eigenvalue weighted by Crippen LogP contribution is -2.49. The molecular weight excluding hydrogens is 328 g/mol. The van der Waals surface area contributed by atoms with Gasteiger partial charge >= 0.3 is 6.03 Å². The number of hydrazone groups is 1. The molecule has 1 saturated heterocycles. The van der Waals surface area contributed by atoms with Crippen LogP contribution in [0.2, 0.25) is 0 Å². The second-order valence-electron chi connectivity index (χ2n) is 8.39. The lowest BCUT2D eigenvalue weighted by atomic mass is 9.77.